The number of rotatable bonds is 5. The van der Waals surface area contributed by atoms with E-state index in [4.69, 9.17) is 14.7 Å². The number of anilines is 1. The number of hydrogen-bond donors (Lipinski definition) is 1. The molecule has 43 heavy (non-hydrogen) atoms. The molecule has 1 amide bonds. The van der Waals surface area contributed by atoms with Gasteiger partial charge in [-0.15, -0.1) is 11.3 Å². The van der Waals surface area contributed by atoms with Crippen LogP contribution in [-0.2, 0) is 4.74 Å². The maximum Gasteiger partial charge on any atom is 0.410 e. The normalized spacial score (nSPS) is 16.8. The SMILES string of the molecule is Cc1cnc(N[C@@H]2CN(C(=O)OC(C)(C)C)CC(C)(C)C2)nc1-c1cn(-c2ccccc2)c2nc(-c3nccs3)ccc12. The Bertz CT molecular complexity index is 1760. The van der Waals surface area contributed by atoms with Gasteiger partial charge in [-0.2, -0.15) is 0 Å². The van der Waals surface area contributed by atoms with E-state index in [9.17, 15) is 4.79 Å². The number of para-hydroxylation sites is 1. The first kappa shape index (κ1) is 28.8. The number of carbonyl (C=O) groups excluding carboxylic acids is 1. The Morgan fingerprint density at radius 3 is 2.60 bits per heavy atom. The van der Waals surface area contributed by atoms with Crippen LogP contribution in [0.2, 0.25) is 0 Å². The van der Waals surface area contributed by atoms with Crippen LogP contribution < -0.4 is 5.32 Å². The van der Waals surface area contributed by atoms with Gasteiger partial charge in [-0.1, -0.05) is 32.0 Å². The Morgan fingerprint density at radius 2 is 1.88 bits per heavy atom. The standard InChI is InChI=1S/C33H37N7O2S/c1-21-17-35-30(36-22-16-33(5,6)20-39(18-22)31(41)42-32(2,3)4)38-27(21)25-19-40(23-10-8-7-9-11-23)28-24(25)12-13-26(37-28)29-34-14-15-43-29/h7-15,17,19,22H,16,18,20H2,1-6H3,(H,35,36,38)/t22-/m0/s1. The van der Waals surface area contributed by atoms with E-state index >= 15 is 0 Å². The number of nitrogens with one attached hydrogen (secondary N) is 1. The highest BCUT2D eigenvalue weighted by Gasteiger charge is 2.37. The van der Waals surface area contributed by atoms with Crippen LogP contribution >= 0.6 is 11.3 Å². The minimum atomic E-state index is -0.550. The summed E-state index contributed by atoms with van der Waals surface area (Å²) in [5.74, 6) is 0.528. The molecule has 1 aliphatic rings. The van der Waals surface area contributed by atoms with Crippen molar-refractivity contribution in [1.29, 1.82) is 0 Å². The zero-order valence-corrected chi connectivity index (χ0v) is 26.3. The van der Waals surface area contributed by atoms with Crippen molar-refractivity contribution in [2.45, 2.75) is 59.6 Å². The molecular formula is C33H37N7O2S. The summed E-state index contributed by atoms with van der Waals surface area (Å²) in [5, 5.41) is 7.37. The Balaban J connectivity index is 1.36. The highest BCUT2D eigenvalue weighted by molar-refractivity contribution is 7.13. The number of thiazole rings is 1. The van der Waals surface area contributed by atoms with Gasteiger partial charge in [0, 0.05) is 59.7 Å². The van der Waals surface area contributed by atoms with Crippen LogP contribution in [0.4, 0.5) is 10.7 Å². The van der Waals surface area contributed by atoms with Gasteiger partial charge in [0.15, 0.2) is 0 Å². The molecule has 1 N–H and O–H groups in total. The zero-order chi connectivity index (χ0) is 30.4. The molecule has 0 saturated carbocycles. The lowest BCUT2D eigenvalue weighted by Crippen LogP contribution is -2.53. The molecule has 6 rings (SSSR count). The lowest BCUT2D eigenvalue weighted by Gasteiger charge is -2.42. The minimum Gasteiger partial charge on any atom is -0.444 e. The highest BCUT2D eigenvalue weighted by atomic mass is 32.1. The van der Waals surface area contributed by atoms with Crippen molar-refractivity contribution in [3.05, 3.63) is 72.0 Å². The van der Waals surface area contributed by atoms with Gasteiger partial charge in [-0.3, -0.25) is 0 Å². The summed E-state index contributed by atoms with van der Waals surface area (Å²) < 4.78 is 7.80. The molecule has 1 aromatic carbocycles. The van der Waals surface area contributed by atoms with Crippen molar-refractivity contribution in [2.75, 3.05) is 18.4 Å². The molecule has 1 atom stereocenters. The number of carbonyl (C=O) groups is 1. The molecule has 4 aromatic heterocycles. The second-order valence-corrected chi connectivity index (χ2v) is 13.8. The lowest BCUT2D eigenvalue weighted by molar-refractivity contribution is 0.00710. The molecule has 1 aliphatic heterocycles. The number of amides is 1. The van der Waals surface area contributed by atoms with Gasteiger partial charge in [0.2, 0.25) is 5.95 Å². The molecule has 0 bridgehead atoms. The topological polar surface area (TPSA) is 98.1 Å². The Labute approximate surface area is 256 Å². The number of aryl methyl sites for hydroxylation is 1. The van der Waals surface area contributed by atoms with Crippen molar-refractivity contribution in [1.82, 2.24) is 29.4 Å². The predicted octanol–water partition coefficient (Wildman–Crippen LogP) is 7.36. The van der Waals surface area contributed by atoms with Gasteiger partial charge < -0.3 is 19.5 Å². The molecule has 5 aromatic rings. The van der Waals surface area contributed by atoms with Crippen LogP contribution in [0.15, 0.2) is 66.4 Å². The van der Waals surface area contributed by atoms with Crippen molar-refractivity contribution in [3.8, 4) is 27.6 Å². The van der Waals surface area contributed by atoms with Crippen LogP contribution in [-0.4, -0.2) is 60.2 Å². The fourth-order valence-corrected chi connectivity index (χ4v) is 6.32. The van der Waals surface area contributed by atoms with E-state index in [1.165, 1.54) is 0 Å². The maximum atomic E-state index is 13.0. The first-order chi connectivity index (χ1) is 20.5. The lowest BCUT2D eigenvalue weighted by atomic mass is 9.82. The van der Waals surface area contributed by atoms with Gasteiger partial charge in [0.1, 0.15) is 21.9 Å². The fraction of sp³-hybridized carbons (Fsp3) is 0.364. The second kappa shape index (κ2) is 11.1. The number of ether oxygens (including phenoxy) is 1. The van der Waals surface area contributed by atoms with Crippen LogP contribution in [0.3, 0.4) is 0 Å². The van der Waals surface area contributed by atoms with E-state index in [2.05, 4.69) is 58.1 Å². The summed E-state index contributed by atoms with van der Waals surface area (Å²) in [6.45, 7) is 13.2. The third kappa shape index (κ3) is 6.24. The van der Waals surface area contributed by atoms with Crippen LogP contribution in [0.1, 0.15) is 46.6 Å². The summed E-state index contributed by atoms with van der Waals surface area (Å²) in [6.07, 6.45) is 6.33. The van der Waals surface area contributed by atoms with E-state index in [0.717, 1.165) is 50.7 Å². The fourth-order valence-electron chi connectivity index (χ4n) is 5.72. The molecule has 5 heterocycles. The predicted molar refractivity (Wildman–Crippen MR) is 172 cm³/mol. The van der Waals surface area contributed by atoms with E-state index < -0.39 is 5.60 Å². The smallest absolute Gasteiger partial charge is 0.410 e. The van der Waals surface area contributed by atoms with Crippen LogP contribution in [0, 0.1) is 12.3 Å². The molecule has 0 unspecified atom stereocenters. The number of likely N-dealkylation sites (tertiary alicyclic amines) is 1. The van der Waals surface area contributed by atoms with E-state index in [1.807, 2.05) is 63.5 Å². The van der Waals surface area contributed by atoms with E-state index in [0.29, 0.717) is 19.0 Å². The minimum absolute atomic E-state index is 0.0278. The summed E-state index contributed by atoms with van der Waals surface area (Å²) in [5.41, 5.74) is 4.80. The summed E-state index contributed by atoms with van der Waals surface area (Å²) in [7, 11) is 0. The number of nitrogens with zero attached hydrogens (tertiary/aromatic N) is 6. The first-order valence-electron chi connectivity index (χ1n) is 14.5. The van der Waals surface area contributed by atoms with Gasteiger partial charge in [-0.05, 0) is 69.4 Å². The maximum absolute atomic E-state index is 13.0. The van der Waals surface area contributed by atoms with Gasteiger partial charge in [0.25, 0.3) is 0 Å². The van der Waals surface area contributed by atoms with Gasteiger partial charge in [-0.25, -0.2) is 24.7 Å². The van der Waals surface area contributed by atoms with Crippen molar-refractivity contribution in [2.24, 2.45) is 5.41 Å². The third-order valence-electron chi connectivity index (χ3n) is 7.41. The van der Waals surface area contributed by atoms with Crippen LogP contribution in [0.25, 0.3) is 38.7 Å². The molecule has 0 spiro atoms. The first-order valence-corrected chi connectivity index (χ1v) is 15.4. The van der Waals surface area contributed by atoms with Crippen LogP contribution in [0.5, 0.6) is 0 Å². The Hall–Kier alpha value is -4.31. The molecule has 9 nitrogen and oxygen atoms in total. The quantitative estimate of drug-likeness (QED) is 0.227. The van der Waals surface area contributed by atoms with E-state index in [-0.39, 0.29) is 17.6 Å². The Morgan fingerprint density at radius 1 is 1.09 bits per heavy atom. The number of piperidine rings is 1. The number of pyridine rings is 1. The molecule has 222 valence electrons. The molecule has 0 radical (unpaired) electrons. The highest BCUT2D eigenvalue weighted by Crippen LogP contribution is 2.35. The molecule has 1 saturated heterocycles. The number of hydrogen-bond acceptors (Lipinski definition) is 8. The average molecular weight is 596 g/mol. The third-order valence-corrected chi connectivity index (χ3v) is 8.20. The van der Waals surface area contributed by atoms with E-state index in [1.54, 1.807) is 22.4 Å². The van der Waals surface area contributed by atoms with Crippen molar-refractivity contribution >= 4 is 34.4 Å². The molecular weight excluding hydrogens is 558 g/mol. The molecule has 1 fully saturated rings. The number of aromatic nitrogens is 5. The number of fused-ring (bicyclic) bond motifs is 1. The summed E-state index contributed by atoms with van der Waals surface area (Å²) in [4.78, 5) is 34.0. The van der Waals surface area contributed by atoms with Crippen molar-refractivity contribution < 1.29 is 9.53 Å². The number of benzene rings is 1. The summed E-state index contributed by atoms with van der Waals surface area (Å²) in [6, 6.07) is 14.3. The van der Waals surface area contributed by atoms with Gasteiger partial charge in [0.05, 0.1) is 5.69 Å². The largest absolute Gasteiger partial charge is 0.444 e. The molecule has 0 aliphatic carbocycles. The molecule has 10 heteroatoms. The zero-order valence-electron chi connectivity index (χ0n) is 25.5. The second-order valence-electron chi connectivity index (χ2n) is 12.9. The van der Waals surface area contributed by atoms with Gasteiger partial charge >= 0.3 is 6.09 Å². The monoisotopic (exact) mass is 595 g/mol. The summed E-state index contributed by atoms with van der Waals surface area (Å²) >= 11 is 1.57. The Kier molecular flexibility index (Phi) is 7.41. The van der Waals surface area contributed by atoms with Crippen molar-refractivity contribution in [3.63, 3.8) is 0 Å². The average Bonchev–Trinajstić information content (AvgIpc) is 3.61.